The molecule has 1 aliphatic heterocycles. The van der Waals surface area contributed by atoms with Gasteiger partial charge in [-0.15, -0.1) is 0 Å². The Morgan fingerprint density at radius 3 is 2.79 bits per heavy atom. The molecule has 3 aromatic rings. The lowest BCUT2D eigenvalue weighted by Crippen LogP contribution is -2.19. The quantitative estimate of drug-likeness (QED) is 0.480. The van der Waals surface area contributed by atoms with Crippen molar-refractivity contribution < 1.29 is 9.66 Å². The molecule has 7 nitrogen and oxygen atoms in total. The average Bonchev–Trinajstić information content (AvgIpc) is 3.04. The number of aryl methyl sites for hydroxylation is 2. The second kappa shape index (κ2) is 7.52. The number of rotatable bonds is 4. The number of aromatic nitrogens is 3. The van der Waals surface area contributed by atoms with Crippen LogP contribution in [0, 0.1) is 24.0 Å². The van der Waals surface area contributed by atoms with Crippen molar-refractivity contribution in [3.63, 3.8) is 0 Å². The van der Waals surface area contributed by atoms with E-state index in [1.54, 1.807) is 16.8 Å². The second-order valence-corrected chi connectivity index (χ2v) is 7.15. The summed E-state index contributed by atoms with van der Waals surface area (Å²) in [5, 5.41) is 16.8. The Morgan fingerprint density at radius 2 is 2.07 bits per heavy atom. The molecule has 144 valence electrons. The van der Waals surface area contributed by atoms with Crippen LogP contribution >= 0.6 is 0 Å². The van der Waals surface area contributed by atoms with Crippen molar-refractivity contribution in [2.45, 2.75) is 39.3 Å². The van der Waals surface area contributed by atoms with Crippen molar-refractivity contribution in [2.24, 2.45) is 0 Å². The van der Waals surface area contributed by atoms with Gasteiger partial charge >= 0.3 is 0 Å². The van der Waals surface area contributed by atoms with Crippen molar-refractivity contribution in [3.8, 4) is 0 Å². The van der Waals surface area contributed by atoms with E-state index in [0.29, 0.717) is 12.1 Å². The summed E-state index contributed by atoms with van der Waals surface area (Å²) < 4.78 is 7.66. The summed E-state index contributed by atoms with van der Waals surface area (Å²) in [7, 11) is 0. The summed E-state index contributed by atoms with van der Waals surface area (Å²) in [6.45, 7) is 4.68. The Morgan fingerprint density at radius 1 is 1.21 bits per heavy atom. The first kappa shape index (κ1) is 18.3. The van der Waals surface area contributed by atoms with Gasteiger partial charge in [0.2, 0.25) is 0 Å². The number of benzene rings is 1. The van der Waals surface area contributed by atoms with Crippen molar-refractivity contribution in [3.05, 3.63) is 63.1 Å². The molecule has 3 heterocycles. The van der Waals surface area contributed by atoms with Crippen LogP contribution in [0.25, 0.3) is 23.1 Å². The Kier molecular flexibility index (Phi) is 4.92. The third kappa shape index (κ3) is 3.66. The number of hydrogen-bond acceptors (Lipinski definition) is 5. The lowest BCUT2D eigenvalue weighted by Gasteiger charge is -2.23. The zero-order chi connectivity index (χ0) is 19.7. The smallest absolute Gasteiger partial charge is 0.271 e. The lowest BCUT2D eigenvalue weighted by atomic mass is 10.1. The first-order valence-electron chi connectivity index (χ1n) is 9.43. The average molecular weight is 378 g/mol. The van der Waals surface area contributed by atoms with Crippen molar-refractivity contribution >= 4 is 28.7 Å². The summed E-state index contributed by atoms with van der Waals surface area (Å²) in [5.74, 6) is 0. The highest BCUT2D eigenvalue weighted by Crippen LogP contribution is 2.31. The first-order chi connectivity index (χ1) is 13.5. The van der Waals surface area contributed by atoms with E-state index < -0.39 is 0 Å². The molecule has 4 rings (SSSR count). The molecule has 0 saturated carbocycles. The summed E-state index contributed by atoms with van der Waals surface area (Å²) in [4.78, 5) is 15.4. The molecule has 28 heavy (non-hydrogen) atoms. The number of non-ortho nitro benzene ring substituents is 1. The zero-order valence-electron chi connectivity index (χ0n) is 16.0. The monoisotopic (exact) mass is 378 g/mol. The van der Waals surface area contributed by atoms with Gasteiger partial charge in [0, 0.05) is 29.8 Å². The van der Waals surface area contributed by atoms with Gasteiger partial charge in [-0.2, -0.15) is 5.10 Å². The van der Waals surface area contributed by atoms with Gasteiger partial charge in [0.05, 0.1) is 21.8 Å². The number of nitrogens with zero attached hydrogens (tertiary/aromatic N) is 4. The third-order valence-electron chi connectivity index (χ3n) is 4.89. The van der Waals surface area contributed by atoms with Crippen LogP contribution in [0.5, 0.6) is 0 Å². The molecule has 1 aliphatic rings. The molecule has 0 bridgehead atoms. The van der Waals surface area contributed by atoms with Gasteiger partial charge in [-0.05, 0) is 69.0 Å². The molecular formula is C21H22N4O3. The van der Waals surface area contributed by atoms with Crippen molar-refractivity contribution in [1.29, 1.82) is 0 Å². The molecule has 0 amide bonds. The molecule has 1 atom stereocenters. The van der Waals surface area contributed by atoms with Crippen LogP contribution in [0.1, 0.15) is 48.1 Å². The normalized spacial score (nSPS) is 17.4. The van der Waals surface area contributed by atoms with E-state index in [9.17, 15) is 10.1 Å². The van der Waals surface area contributed by atoms with Crippen molar-refractivity contribution in [2.75, 3.05) is 6.61 Å². The van der Waals surface area contributed by atoms with Gasteiger partial charge in [0.15, 0.2) is 6.23 Å². The molecular weight excluding hydrogens is 356 g/mol. The minimum absolute atomic E-state index is 0.0518. The fourth-order valence-corrected chi connectivity index (χ4v) is 3.65. The zero-order valence-corrected chi connectivity index (χ0v) is 16.0. The van der Waals surface area contributed by atoms with Gasteiger partial charge in [-0.1, -0.05) is 0 Å². The maximum absolute atomic E-state index is 11.2. The Hall–Kier alpha value is -3.06. The third-order valence-corrected chi connectivity index (χ3v) is 4.89. The van der Waals surface area contributed by atoms with Crippen LogP contribution in [0.4, 0.5) is 5.69 Å². The molecule has 0 N–H and O–H groups in total. The summed E-state index contributed by atoms with van der Waals surface area (Å²) in [5.41, 5.74) is 4.48. The molecule has 1 fully saturated rings. The highest BCUT2D eigenvalue weighted by Gasteiger charge is 2.22. The van der Waals surface area contributed by atoms with Crippen LogP contribution in [-0.4, -0.2) is 26.3 Å². The minimum atomic E-state index is -0.381. The molecule has 0 spiro atoms. The number of nitro benzene ring substituents is 1. The molecule has 7 heteroatoms. The van der Waals surface area contributed by atoms with Gasteiger partial charge in [-0.25, -0.2) is 4.68 Å². The standard InChI is InChI=1S/C21H22N4O3/c1-14-11-15(2)22-16(12-14)6-9-19-18-8-7-17(25(26)27)13-20(18)24(23-19)21-5-3-4-10-28-21/h6-9,11-13,21H,3-5,10H2,1-2H3/b9-6+. The maximum Gasteiger partial charge on any atom is 0.271 e. The van der Waals surface area contributed by atoms with Crippen molar-refractivity contribution in [1.82, 2.24) is 14.8 Å². The fraction of sp³-hybridized carbons (Fsp3) is 0.333. The van der Waals surface area contributed by atoms with E-state index in [1.165, 1.54) is 6.07 Å². The molecule has 0 radical (unpaired) electrons. The fourth-order valence-electron chi connectivity index (χ4n) is 3.65. The van der Waals surface area contributed by atoms with E-state index in [-0.39, 0.29) is 16.8 Å². The molecule has 1 aromatic carbocycles. The largest absolute Gasteiger partial charge is 0.356 e. The van der Waals surface area contributed by atoms with Crippen LogP contribution < -0.4 is 0 Å². The molecule has 0 aliphatic carbocycles. The van der Waals surface area contributed by atoms with E-state index in [4.69, 9.17) is 9.84 Å². The van der Waals surface area contributed by atoms with Crippen LogP contribution in [0.3, 0.4) is 0 Å². The Bertz CT molecular complexity index is 1040. The summed E-state index contributed by atoms with van der Waals surface area (Å²) in [6.07, 6.45) is 6.57. The summed E-state index contributed by atoms with van der Waals surface area (Å²) in [6, 6.07) is 8.89. The van der Waals surface area contributed by atoms with E-state index in [2.05, 4.69) is 4.98 Å². The Labute approximate surface area is 162 Å². The highest BCUT2D eigenvalue weighted by atomic mass is 16.6. The van der Waals surface area contributed by atoms with Crippen LogP contribution in [-0.2, 0) is 4.74 Å². The van der Waals surface area contributed by atoms with E-state index in [0.717, 1.165) is 47.3 Å². The second-order valence-electron chi connectivity index (χ2n) is 7.15. The number of fused-ring (bicyclic) bond motifs is 1. The predicted octanol–water partition coefficient (Wildman–Crippen LogP) is 4.83. The van der Waals surface area contributed by atoms with Gasteiger partial charge in [0.1, 0.15) is 0 Å². The topological polar surface area (TPSA) is 83.1 Å². The number of hydrogen-bond donors (Lipinski definition) is 0. The number of nitro groups is 1. The number of ether oxygens (including phenoxy) is 1. The maximum atomic E-state index is 11.2. The van der Waals surface area contributed by atoms with E-state index >= 15 is 0 Å². The number of pyridine rings is 1. The SMILES string of the molecule is Cc1cc(C)nc(/C=C/c2nn(C3CCCCO3)c3cc([N+](=O)[O-])ccc23)c1. The molecule has 2 aromatic heterocycles. The van der Waals surface area contributed by atoms with Gasteiger partial charge < -0.3 is 4.74 Å². The predicted molar refractivity (Wildman–Crippen MR) is 108 cm³/mol. The molecule has 1 saturated heterocycles. The lowest BCUT2D eigenvalue weighted by molar-refractivity contribution is -0.384. The first-order valence-corrected chi connectivity index (χ1v) is 9.43. The van der Waals surface area contributed by atoms with Crippen LogP contribution in [0.15, 0.2) is 30.3 Å². The van der Waals surface area contributed by atoms with E-state index in [1.807, 2.05) is 38.1 Å². The highest BCUT2D eigenvalue weighted by molar-refractivity contribution is 5.91. The van der Waals surface area contributed by atoms with Gasteiger partial charge in [0.25, 0.3) is 5.69 Å². The minimum Gasteiger partial charge on any atom is -0.356 e. The Balaban J connectivity index is 1.79. The van der Waals surface area contributed by atoms with Crippen LogP contribution in [0.2, 0.25) is 0 Å². The van der Waals surface area contributed by atoms with Gasteiger partial charge in [-0.3, -0.25) is 15.1 Å². The molecule has 1 unspecified atom stereocenters. The summed E-state index contributed by atoms with van der Waals surface area (Å²) >= 11 is 0.